The Hall–Kier alpha value is -2.44. The largest absolute Gasteiger partial charge is 0.542 e. The number of carboxylic acid groups (broad SMARTS) is 1. The van der Waals surface area contributed by atoms with Crippen molar-refractivity contribution in [1.29, 1.82) is 0 Å². The van der Waals surface area contributed by atoms with Crippen LogP contribution in [0, 0.1) is 0 Å². The lowest BCUT2D eigenvalue weighted by Gasteiger charge is -2.03. The molecule has 1 aromatic heterocycles. The Bertz CT molecular complexity index is 625. The number of hydrogen-bond donors (Lipinski definition) is 1. The second-order valence-electron chi connectivity index (χ2n) is 3.67. The molecule has 2 aromatic rings. The van der Waals surface area contributed by atoms with Crippen LogP contribution >= 0.6 is 0 Å². The van der Waals surface area contributed by atoms with Gasteiger partial charge in [-0.05, 0) is 12.1 Å². The standard InChI is InChI=1S/C10H6N2.C2HF3O2/c1-2-8-10-7(4-5-11-8)6-12-9(10)3-1;3-2(4,5)1(6)7/h1-6H;(H,6,7). The van der Waals surface area contributed by atoms with Crippen LogP contribution in [0.2, 0.25) is 0 Å². The Kier molecular flexibility index (Phi) is 3.20. The Morgan fingerprint density at radius 1 is 1.26 bits per heavy atom. The lowest BCUT2D eigenvalue weighted by Crippen LogP contribution is -2.59. The van der Waals surface area contributed by atoms with Crippen LogP contribution in [0.1, 0.15) is 5.56 Å². The first-order valence-corrected chi connectivity index (χ1v) is 5.15. The normalized spacial score (nSPS) is 12.2. The summed E-state index contributed by atoms with van der Waals surface area (Å²) >= 11 is 0. The van der Waals surface area contributed by atoms with Gasteiger partial charge >= 0.3 is 6.18 Å². The number of rotatable bonds is 0. The lowest BCUT2D eigenvalue weighted by atomic mass is 10.1. The van der Waals surface area contributed by atoms with Gasteiger partial charge < -0.3 is 9.90 Å². The zero-order valence-corrected chi connectivity index (χ0v) is 9.36. The fourth-order valence-corrected chi connectivity index (χ4v) is 1.63. The molecule has 0 saturated carbocycles. The Labute approximate surface area is 105 Å². The molecule has 19 heavy (non-hydrogen) atoms. The number of aliphatic carboxylic acids is 1. The molecule has 0 bridgehead atoms. The maximum atomic E-state index is 10.5. The maximum Gasteiger partial charge on any atom is 0.430 e. The number of pyridine rings is 1. The maximum absolute atomic E-state index is 10.5. The van der Waals surface area contributed by atoms with Crippen molar-refractivity contribution in [3.63, 3.8) is 0 Å². The quantitative estimate of drug-likeness (QED) is 0.607. The molecule has 0 radical (unpaired) electrons. The summed E-state index contributed by atoms with van der Waals surface area (Å²) in [7, 11) is 0. The SMILES string of the molecule is C1=[NH+]c2cccc3nccc1c23.O=C([O-])C(F)(F)F. The van der Waals surface area contributed by atoms with Crippen molar-refractivity contribution >= 4 is 28.8 Å². The molecule has 0 saturated heterocycles. The zero-order chi connectivity index (χ0) is 14.0. The summed E-state index contributed by atoms with van der Waals surface area (Å²) in [6.07, 6.45) is -1.34. The number of carbonyl (C=O) groups excluding carboxylic acids is 1. The fourth-order valence-electron chi connectivity index (χ4n) is 1.63. The molecule has 98 valence electrons. The third kappa shape index (κ3) is 2.70. The number of aromatic nitrogens is 1. The second-order valence-corrected chi connectivity index (χ2v) is 3.67. The number of benzene rings is 1. The number of nitrogens with one attached hydrogen (secondary N) is 1. The third-order valence-electron chi connectivity index (χ3n) is 2.41. The Balaban J connectivity index is 0.000000167. The molecule has 0 fully saturated rings. The van der Waals surface area contributed by atoms with Gasteiger partial charge in [0.2, 0.25) is 5.69 Å². The van der Waals surface area contributed by atoms with E-state index in [-0.39, 0.29) is 0 Å². The minimum atomic E-state index is -5.19. The highest BCUT2D eigenvalue weighted by molar-refractivity contribution is 6.04. The van der Waals surface area contributed by atoms with Gasteiger partial charge in [-0.2, -0.15) is 13.2 Å². The fraction of sp³-hybridized carbons (Fsp3) is 0.0833. The van der Waals surface area contributed by atoms with Crippen molar-refractivity contribution < 1.29 is 28.1 Å². The van der Waals surface area contributed by atoms with Crippen LogP contribution in [0.25, 0.3) is 10.9 Å². The highest BCUT2D eigenvalue weighted by atomic mass is 19.4. The minimum Gasteiger partial charge on any atom is -0.542 e. The van der Waals surface area contributed by atoms with Gasteiger partial charge in [0.1, 0.15) is 5.97 Å². The first kappa shape index (κ1) is 13.0. The first-order valence-electron chi connectivity index (χ1n) is 5.15. The summed E-state index contributed by atoms with van der Waals surface area (Å²) in [6, 6.07) is 8.13. The molecular formula is C12H7F3N2O2. The molecule has 3 rings (SSSR count). The van der Waals surface area contributed by atoms with Gasteiger partial charge in [-0.1, -0.05) is 6.07 Å². The van der Waals surface area contributed by atoms with E-state index in [9.17, 15) is 13.2 Å². The molecule has 4 nitrogen and oxygen atoms in total. The summed E-state index contributed by atoms with van der Waals surface area (Å²) in [6.45, 7) is 0. The Morgan fingerprint density at radius 3 is 2.58 bits per heavy atom. The average Bonchev–Trinajstić information content (AvgIpc) is 2.75. The van der Waals surface area contributed by atoms with E-state index in [4.69, 9.17) is 9.90 Å². The second kappa shape index (κ2) is 4.68. The van der Waals surface area contributed by atoms with Crippen molar-refractivity contribution in [2.75, 3.05) is 0 Å². The number of carboxylic acids is 1. The number of halogens is 3. The van der Waals surface area contributed by atoms with Gasteiger partial charge in [0, 0.05) is 12.3 Å². The number of alkyl halides is 3. The van der Waals surface area contributed by atoms with Crippen LogP contribution in [0.4, 0.5) is 18.9 Å². The van der Waals surface area contributed by atoms with E-state index >= 15 is 0 Å². The van der Waals surface area contributed by atoms with Crippen molar-refractivity contribution in [2.24, 2.45) is 0 Å². The number of carbonyl (C=O) groups is 1. The number of hydrogen-bond acceptors (Lipinski definition) is 3. The minimum absolute atomic E-state index is 1.06. The topological polar surface area (TPSA) is 67.0 Å². The van der Waals surface area contributed by atoms with Crippen molar-refractivity contribution in [2.45, 2.75) is 6.18 Å². The molecule has 1 aliphatic rings. The van der Waals surface area contributed by atoms with E-state index in [2.05, 4.69) is 16.0 Å². The molecular weight excluding hydrogens is 261 g/mol. The van der Waals surface area contributed by atoms with E-state index in [1.165, 1.54) is 10.9 Å². The van der Waals surface area contributed by atoms with E-state index in [0.717, 1.165) is 11.2 Å². The highest BCUT2D eigenvalue weighted by Crippen LogP contribution is 2.22. The average molecular weight is 268 g/mol. The van der Waals surface area contributed by atoms with Gasteiger partial charge in [-0.3, -0.25) is 4.98 Å². The van der Waals surface area contributed by atoms with Gasteiger partial charge in [0.15, 0.2) is 6.21 Å². The van der Waals surface area contributed by atoms with Crippen molar-refractivity contribution in [1.82, 2.24) is 4.98 Å². The smallest absolute Gasteiger partial charge is 0.430 e. The third-order valence-corrected chi connectivity index (χ3v) is 2.41. The van der Waals surface area contributed by atoms with E-state index in [1.807, 2.05) is 30.6 Å². The Morgan fingerprint density at radius 2 is 1.95 bits per heavy atom. The van der Waals surface area contributed by atoms with Gasteiger partial charge in [0.25, 0.3) is 0 Å². The van der Waals surface area contributed by atoms with E-state index in [1.54, 1.807) is 0 Å². The van der Waals surface area contributed by atoms with Crippen molar-refractivity contribution in [3.8, 4) is 0 Å². The van der Waals surface area contributed by atoms with Crippen LogP contribution in [-0.2, 0) is 4.79 Å². The van der Waals surface area contributed by atoms with Crippen LogP contribution in [-0.4, -0.2) is 23.3 Å². The molecule has 1 aliphatic heterocycles. The van der Waals surface area contributed by atoms with Crippen molar-refractivity contribution in [3.05, 3.63) is 36.0 Å². The van der Waals surface area contributed by atoms with Crippen LogP contribution in [0.5, 0.6) is 0 Å². The van der Waals surface area contributed by atoms with Crippen LogP contribution in [0.3, 0.4) is 0 Å². The molecule has 1 N–H and O–H groups in total. The molecule has 7 heteroatoms. The van der Waals surface area contributed by atoms with Gasteiger partial charge in [-0.25, -0.2) is 4.99 Å². The highest BCUT2D eigenvalue weighted by Gasteiger charge is 2.28. The molecule has 2 heterocycles. The summed E-state index contributed by atoms with van der Waals surface area (Å²) in [5, 5.41) is 10.0. The van der Waals surface area contributed by atoms with Crippen LogP contribution in [0.15, 0.2) is 30.5 Å². The van der Waals surface area contributed by atoms with Gasteiger partial charge in [-0.15, -0.1) is 0 Å². The van der Waals surface area contributed by atoms with Crippen LogP contribution < -0.4 is 10.1 Å². The molecule has 0 unspecified atom stereocenters. The molecule has 0 spiro atoms. The van der Waals surface area contributed by atoms with Gasteiger partial charge in [0.05, 0.1) is 16.5 Å². The number of nitrogens with zero attached hydrogens (tertiary/aromatic N) is 1. The molecule has 1 aromatic carbocycles. The summed E-state index contributed by atoms with van der Waals surface area (Å²) in [5.74, 6) is -3.01. The molecule has 0 aliphatic carbocycles. The molecule has 0 atom stereocenters. The zero-order valence-electron chi connectivity index (χ0n) is 9.36. The van der Waals surface area contributed by atoms with E-state index < -0.39 is 12.1 Å². The first-order chi connectivity index (χ1) is 8.89. The van der Waals surface area contributed by atoms with E-state index in [0.29, 0.717) is 0 Å². The predicted octanol–water partition coefficient (Wildman–Crippen LogP) is -0.322. The predicted molar refractivity (Wildman–Crippen MR) is 58.6 cm³/mol. The summed E-state index contributed by atoms with van der Waals surface area (Å²) in [5.41, 5.74) is 3.46. The lowest BCUT2D eigenvalue weighted by molar-refractivity contribution is -0.344. The monoisotopic (exact) mass is 268 g/mol. The summed E-state index contributed by atoms with van der Waals surface area (Å²) < 4.78 is 31.5. The summed E-state index contributed by atoms with van der Waals surface area (Å²) in [4.78, 5) is 16.3. The molecule has 0 amide bonds.